The van der Waals surface area contributed by atoms with E-state index in [0.717, 1.165) is 44.9 Å². The van der Waals surface area contributed by atoms with Crippen molar-refractivity contribution in [1.82, 2.24) is 5.32 Å². The lowest BCUT2D eigenvalue weighted by molar-refractivity contribution is -0.143. The fourth-order valence-corrected chi connectivity index (χ4v) is 11.0. The first kappa shape index (κ1) is 76.1. The molecule has 6 nitrogen and oxygen atoms in total. The van der Waals surface area contributed by atoms with Crippen LogP contribution in [0.5, 0.6) is 0 Å². The van der Waals surface area contributed by atoms with Crippen molar-refractivity contribution in [3.05, 3.63) is 36.5 Å². The lowest BCUT2D eigenvalue weighted by Gasteiger charge is -2.20. The van der Waals surface area contributed by atoms with E-state index in [0.29, 0.717) is 19.4 Å². The molecule has 0 rings (SSSR count). The van der Waals surface area contributed by atoms with Crippen LogP contribution in [-0.2, 0) is 14.3 Å². The molecule has 0 fully saturated rings. The number of hydrogen-bond donors (Lipinski definition) is 3. The first-order valence-corrected chi connectivity index (χ1v) is 35.3. The quantitative estimate of drug-likeness (QED) is 0.0320. The Bertz CT molecular complexity index is 1260. The van der Waals surface area contributed by atoms with Gasteiger partial charge in [0.05, 0.1) is 25.4 Å². The summed E-state index contributed by atoms with van der Waals surface area (Å²) in [4.78, 5) is 24.5. The molecule has 2 atom stereocenters. The average Bonchev–Trinajstić information content (AvgIpc) is 3.44. The summed E-state index contributed by atoms with van der Waals surface area (Å²) < 4.78 is 5.47. The average molecular weight is 1100 g/mol. The smallest absolute Gasteiger partial charge is 0.305 e. The Hall–Kier alpha value is -1.92. The normalized spacial score (nSPS) is 12.7. The van der Waals surface area contributed by atoms with Gasteiger partial charge in [0, 0.05) is 12.8 Å². The molecule has 78 heavy (non-hydrogen) atoms. The number of aliphatic hydroxyl groups is 2. The highest BCUT2D eigenvalue weighted by Crippen LogP contribution is 2.18. The fourth-order valence-electron chi connectivity index (χ4n) is 11.0. The maximum atomic E-state index is 12.5. The molecule has 2 unspecified atom stereocenters. The largest absolute Gasteiger partial charge is 0.466 e. The van der Waals surface area contributed by atoms with Crippen molar-refractivity contribution >= 4 is 11.9 Å². The zero-order chi connectivity index (χ0) is 56.4. The van der Waals surface area contributed by atoms with Gasteiger partial charge in [-0.2, -0.15) is 0 Å². The van der Waals surface area contributed by atoms with Gasteiger partial charge in [0.15, 0.2) is 0 Å². The van der Waals surface area contributed by atoms with Gasteiger partial charge in [-0.1, -0.05) is 346 Å². The maximum Gasteiger partial charge on any atom is 0.305 e. The Kier molecular flexibility index (Phi) is 65.9. The number of carbonyl (C=O) groups excluding carboxylic acids is 2. The third-order valence-corrected chi connectivity index (χ3v) is 16.4. The molecule has 0 saturated carbocycles. The van der Waals surface area contributed by atoms with Crippen LogP contribution in [0.25, 0.3) is 0 Å². The molecule has 0 saturated heterocycles. The van der Waals surface area contributed by atoms with Gasteiger partial charge in [0.1, 0.15) is 0 Å². The molecule has 0 aromatic rings. The zero-order valence-electron chi connectivity index (χ0n) is 52.7. The van der Waals surface area contributed by atoms with Crippen molar-refractivity contribution in [2.45, 2.75) is 398 Å². The monoisotopic (exact) mass is 1100 g/mol. The lowest BCUT2D eigenvalue weighted by Crippen LogP contribution is -2.45. The lowest BCUT2D eigenvalue weighted by atomic mass is 10.0. The predicted molar refractivity (Wildman–Crippen MR) is 343 cm³/mol. The number of amides is 1. The van der Waals surface area contributed by atoms with E-state index in [4.69, 9.17) is 4.74 Å². The summed E-state index contributed by atoms with van der Waals surface area (Å²) in [6.45, 7) is 4.93. The number of allylic oxidation sites excluding steroid dienone is 5. The van der Waals surface area contributed by atoms with Gasteiger partial charge >= 0.3 is 5.97 Å². The van der Waals surface area contributed by atoms with Gasteiger partial charge in [-0.3, -0.25) is 9.59 Å². The van der Waals surface area contributed by atoms with Gasteiger partial charge in [0.25, 0.3) is 0 Å². The molecular weight excluding hydrogens is 959 g/mol. The van der Waals surface area contributed by atoms with Crippen LogP contribution in [-0.4, -0.2) is 47.4 Å². The first-order chi connectivity index (χ1) is 38.5. The van der Waals surface area contributed by atoms with E-state index in [2.05, 4.69) is 43.5 Å². The van der Waals surface area contributed by atoms with Gasteiger partial charge in [-0.25, -0.2) is 0 Å². The zero-order valence-corrected chi connectivity index (χ0v) is 52.7. The van der Waals surface area contributed by atoms with Gasteiger partial charge < -0.3 is 20.3 Å². The van der Waals surface area contributed by atoms with Crippen molar-refractivity contribution in [1.29, 1.82) is 0 Å². The molecule has 0 aromatic heterocycles. The molecule has 0 aromatic carbocycles. The summed E-state index contributed by atoms with van der Waals surface area (Å²) >= 11 is 0. The number of hydrogen-bond acceptors (Lipinski definition) is 5. The Balaban J connectivity index is 3.45. The van der Waals surface area contributed by atoms with Crippen molar-refractivity contribution in [3.8, 4) is 0 Å². The summed E-state index contributed by atoms with van der Waals surface area (Å²) in [6, 6.07) is -0.632. The molecule has 1 amide bonds. The van der Waals surface area contributed by atoms with Gasteiger partial charge in [0.2, 0.25) is 5.91 Å². The second-order valence-electron chi connectivity index (χ2n) is 24.2. The number of carbonyl (C=O) groups is 2. The van der Waals surface area contributed by atoms with Crippen LogP contribution in [0.4, 0.5) is 0 Å². The van der Waals surface area contributed by atoms with Crippen LogP contribution in [0, 0.1) is 0 Å². The van der Waals surface area contributed by atoms with E-state index in [-0.39, 0.29) is 18.5 Å². The summed E-state index contributed by atoms with van der Waals surface area (Å²) in [5.41, 5.74) is 0. The molecule has 3 N–H and O–H groups in total. The Morgan fingerprint density at radius 2 is 0.641 bits per heavy atom. The van der Waals surface area contributed by atoms with E-state index >= 15 is 0 Å². The van der Waals surface area contributed by atoms with Crippen LogP contribution < -0.4 is 5.32 Å². The summed E-state index contributed by atoms with van der Waals surface area (Å²) in [7, 11) is 0. The van der Waals surface area contributed by atoms with E-state index in [1.807, 2.05) is 6.08 Å². The third kappa shape index (κ3) is 63.3. The van der Waals surface area contributed by atoms with Crippen LogP contribution in [0.3, 0.4) is 0 Å². The molecule has 6 heteroatoms. The van der Waals surface area contributed by atoms with E-state index in [1.54, 1.807) is 6.08 Å². The molecule has 0 heterocycles. The van der Waals surface area contributed by atoms with Gasteiger partial charge in [-0.15, -0.1) is 0 Å². The number of ether oxygens (including phenoxy) is 1. The van der Waals surface area contributed by atoms with Crippen molar-refractivity contribution in [3.63, 3.8) is 0 Å². The summed E-state index contributed by atoms with van der Waals surface area (Å²) in [6.07, 6.45) is 86.5. The first-order valence-electron chi connectivity index (χ1n) is 35.3. The van der Waals surface area contributed by atoms with Crippen LogP contribution in [0.1, 0.15) is 386 Å². The highest BCUT2D eigenvalue weighted by atomic mass is 16.5. The van der Waals surface area contributed by atoms with Crippen LogP contribution >= 0.6 is 0 Å². The van der Waals surface area contributed by atoms with Crippen LogP contribution in [0.2, 0.25) is 0 Å². The summed E-state index contributed by atoms with van der Waals surface area (Å²) in [5.74, 6) is -0.0570. The third-order valence-electron chi connectivity index (χ3n) is 16.4. The molecule has 0 aliphatic carbocycles. The molecule has 0 spiro atoms. The number of unbranched alkanes of at least 4 members (excludes halogenated alkanes) is 51. The maximum absolute atomic E-state index is 12.5. The second kappa shape index (κ2) is 67.6. The molecule has 460 valence electrons. The second-order valence-corrected chi connectivity index (χ2v) is 24.2. The standard InChI is InChI=1S/C72H137NO5/c1-3-5-7-9-11-13-15-16-17-18-19-20-26-29-32-35-38-41-45-48-52-56-60-64-70(75)69(68-74)73-71(76)65-61-57-53-49-46-42-39-36-33-30-27-24-22-21-23-25-28-31-34-37-40-43-47-51-55-59-63-67-78-72(77)66-62-58-54-50-44-14-12-10-8-6-4-2/h21-22,25,28,60,64,69-70,74-75H,3-20,23-24,26-27,29-59,61-63,65-68H2,1-2H3,(H,73,76)/b22-21-,28-25-,64-60+. The van der Waals surface area contributed by atoms with E-state index < -0.39 is 12.1 Å². The number of esters is 1. The number of aliphatic hydroxyl groups excluding tert-OH is 2. The topological polar surface area (TPSA) is 95.9 Å². The highest BCUT2D eigenvalue weighted by molar-refractivity contribution is 5.76. The van der Waals surface area contributed by atoms with E-state index in [1.165, 1.54) is 315 Å². The van der Waals surface area contributed by atoms with Crippen LogP contribution in [0.15, 0.2) is 36.5 Å². The minimum absolute atomic E-state index is 0.0103. The van der Waals surface area contributed by atoms with E-state index in [9.17, 15) is 19.8 Å². The highest BCUT2D eigenvalue weighted by Gasteiger charge is 2.18. The Labute approximate surface area is 487 Å². The molecule has 0 aliphatic heterocycles. The SMILES string of the molecule is CCCCCCCCCCCCCCCCCCCCCCC/C=C/C(O)C(CO)NC(=O)CCCCCCCCCCCCC/C=C\C/C=C\CCCCCCCCCCCOC(=O)CCCCCCCCCCCCC. The Morgan fingerprint density at radius 3 is 0.974 bits per heavy atom. The molecule has 0 bridgehead atoms. The predicted octanol–water partition coefficient (Wildman–Crippen LogP) is 22.7. The Morgan fingerprint density at radius 1 is 0.359 bits per heavy atom. The molecular formula is C72H137NO5. The molecule has 0 aliphatic rings. The minimum Gasteiger partial charge on any atom is -0.466 e. The molecule has 0 radical (unpaired) electrons. The minimum atomic E-state index is -0.848. The van der Waals surface area contributed by atoms with Crippen molar-refractivity contribution < 1.29 is 24.5 Å². The van der Waals surface area contributed by atoms with Crippen molar-refractivity contribution in [2.24, 2.45) is 0 Å². The fraction of sp³-hybridized carbons (Fsp3) is 0.889. The summed E-state index contributed by atoms with van der Waals surface area (Å²) in [5, 5.41) is 23.3. The van der Waals surface area contributed by atoms with Gasteiger partial charge in [-0.05, 0) is 64.2 Å². The number of rotatable bonds is 66. The van der Waals surface area contributed by atoms with Crippen molar-refractivity contribution in [2.75, 3.05) is 13.2 Å². The number of nitrogens with one attached hydrogen (secondary N) is 1.